The smallest absolute Gasteiger partial charge is 0.329 e. The summed E-state index contributed by atoms with van der Waals surface area (Å²) in [5.41, 5.74) is 1.79. The van der Waals surface area contributed by atoms with E-state index in [1.54, 1.807) is 0 Å². The molecule has 0 radical (unpaired) electrons. The molecule has 0 fully saturated rings. The lowest BCUT2D eigenvalue weighted by molar-refractivity contribution is -0.384. The summed E-state index contributed by atoms with van der Waals surface area (Å²) in [7, 11) is -3.15. The molecular formula is C8H14N6O4S. The summed E-state index contributed by atoms with van der Waals surface area (Å²) < 4.78 is 22.6. The Bertz CT molecular complexity index is 560. The van der Waals surface area contributed by atoms with Crippen molar-refractivity contribution >= 4 is 27.3 Å². The van der Waals surface area contributed by atoms with E-state index in [1.807, 2.05) is 0 Å². The summed E-state index contributed by atoms with van der Waals surface area (Å²) in [5, 5.41) is 13.3. The number of nitrogens with two attached hydrogens (primary N) is 1. The van der Waals surface area contributed by atoms with Gasteiger partial charge >= 0.3 is 5.69 Å². The predicted octanol–water partition coefficient (Wildman–Crippen LogP) is -0.483. The summed E-state index contributed by atoms with van der Waals surface area (Å²) in [6.45, 7) is 1.54. The van der Waals surface area contributed by atoms with E-state index >= 15 is 0 Å². The van der Waals surface area contributed by atoms with E-state index in [1.165, 1.54) is 6.92 Å². The third-order valence-corrected chi connectivity index (χ3v) is 3.95. The molecule has 0 aromatic carbocycles. The van der Waals surface area contributed by atoms with Crippen molar-refractivity contribution in [3.8, 4) is 0 Å². The Morgan fingerprint density at radius 1 is 1.53 bits per heavy atom. The highest BCUT2D eigenvalue weighted by Gasteiger charge is 2.17. The quantitative estimate of drug-likeness (QED) is 0.343. The highest BCUT2D eigenvalue weighted by Crippen LogP contribution is 2.21. The molecule has 0 saturated heterocycles. The second-order valence-corrected chi connectivity index (χ2v) is 5.96. The summed E-state index contributed by atoms with van der Waals surface area (Å²) >= 11 is 0. The molecule has 0 atom stereocenters. The zero-order valence-corrected chi connectivity index (χ0v) is 11.0. The van der Waals surface area contributed by atoms with Crippen LogP contribution in [0.2, 0.25) is 0 Å². The largest absolute Gasteiger partial charge is 0.363 e. The van der Waals surface area contributed by atoms with Gasteiger partial charge in [-0.2, -0.15) is 4.98 Å². The van der Waals surface area contributed by atoms with Gasteiger partial charge in [-0.25, -0.2) is 19.2 Å². The van der Waals surface area contributed by atoms with Crippen molar-refractivity contribution in [2.75, 3.05) is 28.8 Å². The molecule has 0 amide bonds. The van der Waals surface area contributed by atoms with Gasteiger partial charge in [0.2, 0.25) is 11.8 Å². The minimum absolute atomic E-state index is 0.00792. The summed E-state index contributed by atoms with van der Waals surface area (Å²) in [6.07, 6.45) is 0.985. The fraction of sp³-hybridized carbons (Fsp3) is 0.500. The van der Waals surface area contributed by atoms with Gasteiger partial charge in [-0.05, 0) is 0 Å². The van der Waals surface area contributed by atoms with Crippen molar-refractivity contribution in [3.05, 3.63) is 16.3 Å². The minimum atomic E-state index is -3.15. The van der Waals surface area contributed by atoms with Crippen molar-refractivity contribution in [1.29, 1.82) is 0 Å². The fourth-order valence-corrected chi connectivity index (χ4v) is 1.88. The first kappa shape index (κ1) is 15.0. The number of hydrogen-bond donors (Lipinski definition) is 3. The highest BCUT2D eigenvalue weighted by atomic mass is 32.2. The van der Waals surface area contributed by atoms with Crippen LogP contribution >= 0.6 is 0 Å². The van der Waals surface area contributed by atoms with Crippen molar-refractivity contribution in [3.63, 3.8) is 0 Å². The first-order valence-corrected chi connectivity index (χ1v) is 7.14. The Morgan fingerprint density at radius 3 is 2.74 bits per heavy atom. The van der Waals surface area contributed by atoms with E-state index in [4.69, 9.17) is 5.84 Å². The normalized spacial score (nSPS) is 11.1. The van der Waals surface area contributed by atoms with E-state index in [2.05, 4.69) is 20.7 Å². The maximum atomic E-state index is 11.3. The number of rotatable bonds is 7. The molecule has 0 unspecified atom stereocenters. The highest BCUT2D eigenvalue weighted by molar-refractivity contribution is 7.91. The molecule has 1 aromatic rings. The zero-order chi connectivity index (χ0) is 14.5. The second-order valence-electron chi connectivity index (χ2n) is 3.49. The molecule has 1 heterocycles. The monoisotopic (exact) mass is 290 g/mol. The van der Waals surface area contributed by atoms with Gasteiger partial charge in [0.05, 0.1) is 10.7 Å². The average Bonchev–Trinajstić information content (AvgIpc) is 2.38. The zero-order valence-electron chi connectivity index (χ0n) is 10.2. The molecule has 0 spiro atoms. The molecule has 1 rings (SSSR count). The van der Waals surface area contributed by atoms with Crippen LogP contribution < -0.4 is 16.6 Å². The van der Waals surface area contributed by atoms with Crippen LogP contribution in [0.5, 0.6) is 0 Å². The van der Waals surface area contributed by atoms with Gasteiger partial charge in [-0.1, -0.05) is 6.92 Å². The number of nitrogens with zero attached hydrogens (tertiary/aromatic N) is 3. The van der Waals surface area contributed by atoms with Gasteiger partial charge in [-0.15, -0.1) is 0 Å². The number of sulfone groups is 1. The van der Waals surface area contributed by atoms with Crippen molar-refractivity contribution in [2.24, 2.45) is 5.84 Å². The summed E-state index contributed by atoms with van der Waals surface area (Å²) in [6, 6.07) is 0. The minimum Gasteiger partial charge on any atom is -0.363 e. The molecule has 4 N–H and O–H groups in total. The average molecular weight is 290 g/mol. The van der Waals surface area contributed by atoms with Gasteiger partial charge < -0.3 is 5.32 Å². The summed E-state index contributed by atoms with van der Waals surface area (Å²) in [4.78, 5) is 17.5. The SMILES string of the molecule is CCS(=O)(=O)CCNc1nc(NN)ncc1[N+](=O)[O-]. The molecular weight excluding hydrogens is 276 g/mol. The van der Waals surface area contributed by atoms with Crippen LogP contribution in [0.25, 0.3) is 0 Å². The van der Waals surface area contributed by atoms with E-state index in [-0.39, 0.29) is 35.5 Å². The fourth-order valence-electron chi connectivity index (χ4n) is 1.18. The Hall–Kier alpha value is -2.01. The van der Waals surface area contributed by atoms with Crippen LogP contribution in [-0.4, -0.2) is 41.4 Å². The molecule has 19 heavy (non-hydrogen) atoms. The van der Waals surface area contributed by atoms with E-state index in [0.29, 0.717) is 0 Å². The topological polar surface area (TPSA) is 153 Å². The molecule has 0 bridgehead atoms. The van der Waals surface area contributed by atoms with Crippen molar-refractivity contribution in [1.82, 2.24) is 9.97 Å². The predicted molar refractivity (Wildman–Crippen MR) is 69.3 cm³/mol. The van der Waals surface area contributed by atoms with Gasteiger partial charge in [0, 0.05) is 12.3 Å². The van der Waals surface area contributed by atoms with Crippen molar-refractivity contribution < 1.29 is 13.3 Å². The Labute approximate surface area is 109 Å². The molecule has 106 valence electrons. The van der Waals surface area contributed by atoms with Crippen LogP contribution in [0.15, 0.2) is 6.20 Å². The number of nitrogen functional groups attached to an aromatic ring is 1. The molecule has 11 heteroatoms. The molecule has 1 aromatic heterocycles. The maximum Gasteiger partial charge on any atom is 0.329 e. The first-order chi connectivity index (χ1) is 8.89. The number of anilines is 2. The van der Waals surface area contributed by atoms with Gasteiger partial charge in [0.25, 0.3) is 0 Å². The maximum absolute atomic E-state index is 11.3. The van der Waals surface area contributed by atoms with Crippen LogP contribution in [0.4, 0.5) is 17.5 Å². The molecule has 0 aliphatic heterocycles. The number of hydrogen-bond acceptors (Lipinski definition) is 9. The van der Waals surface area contributed by atoms with E-state index in [0.717, 1.165) is 6.20 Å². The lowest BCUT2D eigenvalue weighted by atomic mass is 10.4. The molecule has 0 aliphatic carbocycles. The first-order valence-electron chi connectivity index (χ1n) is 5.32. The Kier molecular flexibility index (Phi) is 4.94. The molecule has 0 saturated carbocycles. The van der Waals surface area contributed by atoms with Crippen LogP contribution in [0.3, 0.4) is 0 Å². The lowest BCUT2D eigenvalue weighted by Gasteiger charge is -2.07. The number of nitro groups is 1. The van der Waals surface area contributed by atoms with Crippen molar-refractivity contribution in [2.45, 2.75) is 6.92 Å². The van der Waals surface area contributed by atoms with E-state index in [9.17, 15) is 18.5 Å². The van der Waals surface area contributed by atoms with Gasteiger partial charge in [0.1, 0.15) is 6.20 Å². The lowest BCUT2D eigenvalue weighted by Crippen LogP contribution is -2.19. The molecule has 0 aliphatic rings. The van der Waals surface area contributed by atoms with Crippen LogP contribution in [-0.2, 0) is 9.84 Å². The standard InChI is InChI=1S/C8H14N6O4S/c1-2-19(17,18)4-3-10-7-6(14(15)16)5-11-8(12-7)13-9/h5H,2-4,9H2,1H3,(H2,10,11,12,13). The Balaban J connectivity index is 2.84. The third-order valence-electron chi connectivity index (χ3n) is 2.24. The van der Waals surface area contributed by atoms with Crippen LogP contribution in [0.1, 0.15) is 6.92 Å². The number of aromatic nitrogens is 2. The Morgan fingerprint density at radius 2 is 2.21 bits per heavy atom. The van der Waals surface area contributed by atoms with E-state index < -0.39 is 14.8 Å². The third kappa shape index (κ3) is 4.30. The molecule has 10 nitrogen and oxygen atoms in total. The number of hydrazine groups is 1. The number of nitrogens with one attached hydrogen (secondary N) is 2. The van der Waals surface area contributed by atoms with Gasteiger partial charge in [0.15, 0.2) is 9.84 Å². The van der Waals surface area contributed by atoms with Crippen LogP contribution in [0, 0.1) is 10.1 Å². The summed E-state index contributed by atoms with van der Waals surface area (Å²) in [5.74, 6) is 4.87. The van der Waals surface area contributed by atoms with Gasteiger partial charge in [-0.3, -0.25) is 15.5 Å². The second kappa shape index (κ2) is 6.24.